The van der Waals surface area contributed by atoms with Crippen LogP contribution in [0.1, 0.15) is 11.7 Å². The van der Waals surface area contributed by atoms with Crippen molar-refractivity contribution in [2.75, 3.05) is 14.2 Å². The Labute approximate surface area is 141 Å². The van der Waals surface area contributed by atoms with Gasteiger partial charge in [0.05, 0.1) is 14.2 Å². The third kappa shape index (κ3) is 6.76. The zero-order chi connectivity index (χ0) is 17.8. The third-order valence-corrected chi connectivity index (χ3v) is 4.58. The first-order valence-corrected chi connectivity index (χ1v) is 14.4. The minimum atomic E-state index is -1.89. The quantitative estimate of drug-likeness (QED) is 0.447. The fourth-order valence-corrected chi connectivity index (χ4v) is 3.71. The van der Waals surface area contributed by atoms with Crippen molar-refractivity contribution in [3.05, 3.63) is 23.8 Å². The number of hydrogen-bond acceptors (Lipinski definition) is 5. The van der Waals surface area contributed by atoms with E-state index in [9.17, 15) is 0 Å². The van der Waals surface area contributed by atoms with Crippen molar-refractivity contribution in [3.63, 3.8) is 0 Å². The molecule has 1 unspecified atom stereocenters. The maximum absolute atomic E-state index is 8.40. The van der Waals surface area contributed by atoms with Crippen molar-refractivity contribution < 1.29 is 18.3 Å². The van der Waals surface area contributed by atoms with Gasteiger partial charge in [-0.15, -0.1) is 0 Å². The molecule has 0 bridgehead atoms. The molecule has 0 aliphatic rings. The Bertz CT molecular complexity index is 528. The first-order chi connectivity index (χ1) is 10.4. The average Bonchev–Trinajstić information content (AvgIpc) is 2.41. The monoisotopic (exact) mass is 355 g/mol. The van der Waals surface area contributed by atoms with Crippen LogP contribution in [-0.2, 0) is 8.85 Å². The van der Waals surface area contributed by atoms with Gasteiger partial charge in [-0.2, -0.15) is 0 Å². The highest BCUT2D eigenvalue weighted by Crippen LogP contribution is 2.31. The van der Waals surface area contributed by atoms with Crippen LogP contribution in [0.25, 0.3) is 0 Å². The van der Waals surface area contributed by atoms with Gasteiger partial charge in [0.2, 0.25) is 8.32 Å². The van der Waals surface area contributed by atoms with Gasteiger partial charge >= 0.3 is 0 Å². The van der Waals surface area contributed by atoms with E-state index in [0.29, 0.717) is 11.5 Å². The van der Waals surface area contributed by atoms with Gasteiger partial charge in [0.1, 0.15) is 17.6 Å². The van der Waals surface area contributed by atoms with Crippen LogP contribution < -0.4 is 9.47 Å². The first-order valence-electron chi connectivity index (χ1n) is 7.63. The molecule has 1 N–H and O–H groups in total. The Balaban J connectivity index is 3.26. The number of benzene rings is 1. The molecule has 1 aromatic carbocycles. The minimum Gasteiger partial charge on any atom is -0.533 e. The summed E-state index contributed by atoms with van der Waals surface area (Å²) in [5.74, 6) is 1.50. The van der Waals surface area contributed by atoms with Gasteiger partial charge < -0.3 is 18.3 Å². The van der Waals surface area contributed by atoms with E-state index in [1.807, 2.05) is 12.1 Å². The van der Waals surface area contributed by atoms with Gasteiger partial charge in [-0.25, -0.2) is 0 Å². The summed E-state index contributed by atoms with van der Waals surface area (Å²) in [5.41, 5.74) is 0.812. The lowest BCUT2D eigenvalue weighted by Crippen LogP contribution is -2.37. The molecule has 0 heterocycles. The van der Waals surface area contributed by atoms with E-state index in [4.69, 9.17) is 23.7 Å². The molecule has 130 valence electrons. The van der Waals surface area contributed by atoms with E-state index in [0.717, 1.165) is 5.56 Å². The molecule has 0 saturated carbocycles. The molecule has 0 spiro atoms. The second kappa shape index (κ2) is 7.50. The van der Waals surface area contributed by atoms with Crippen LogP contribution in [0, 0.1) is 5.41 Å². The summed E-state index contributed by atoms with van der Waals surface area (Å²) in [6.07, 6.45) is -0.544. The molecule has 0 radical (unpaired) electrons. The van der Waals surface area contributed by atoms with E-state index < -0.39 is 22.7 Å². The van der Waals surface area contributed by atoms with E-state index in [-0.39, 0.29) is 5.90 Å². The molecule has 1 atom stereocenters. The summed E-state index contributed by atoms with van der Waals surface area (Å²) in [6, 6.07) is 5.54. The lowest BCUT2D eigenvalue weighted by atomic mass is 10.1. The van der Waals surface area contributed by atoms with Crippen molar-refractivity contribution in [1.82, 2.24) is 0 Å². The fourth-order valence-electron chi connectivity index (χ4n) is 1.99. The molecule has 1 aromatic rings. The summed E-state index contributed by atoms with van der Waals surface area (Å²) in [4.78, 5) is 0. The van der Waals surface area contributed by atoms with Crippen LogP contribution in [0.2, 0.25) is 39.3 Å². The second-order valence-corrected chi connectivity index (χ2v) is 16.2. The van der Waals surface area contributed by atoms with Crippen LogP contribution in [0.15, 0.2) is 18.2 Å². The van der Waals surface area contributed by atoms with Gasteiger partial charge in [-0.3, -0.25) is 5.41 Å². The molecule has 1 rings (SSSR count). The number of hydrogen-bond donors (Lipinski definition) is 1. The second-order valence-electron chi connectivity index (χ2n) is 7.33. The topological polar surface area (TPSA) is 60.8 Å². The highest BCUT2D eigenvalue weighted by atomic mass is 28.4. The number of methoxy groups -OCH3 is 2. The first kappa shape index (κ1) is 19.7. The Kier molecular flexibility index (Phi) is 6.44. The lowest BCUT2D eigenvalue weighted by molar-refractivity contribution is 0.238. The summed E-state index contributed by atoms with van der Waals surface area (Å²) in [6.45, 7) is 12.5. The standard InChI is InChI=1S/C16H29NO4Si2/c1-18-13-9-12(10-14(11-13)19-2)15(20-22(3,4)5)16(17)21-23(6,7)8/h9-11,15,17H,1-8H3. The predicted octanol–water partition coefficient (Wildman–Crippen LogP) is 4.43. The zero-order valence-corrected chi connectivity index (χ0v) is 17.4. The smallest absolute Gasteiger partial charge is 0.243 e. The van der Waals surface area contributed by atoms with Crippen molar-refractivity contribution in [2.24, 2.45) is 0 Å². The zero-order valence-electron chi connectivity index (χ0n) is 15.4. The SMILES string of the molecule is COc1cc(OC)cc(C(O[Si](C)(C)C)C(=N)O[Si](C)(C)C)c1. The molecule has 0 aliphatic carbocycles. The van der Waals surface area contributed by atoms with Crippen LogP contribution in [0.5, 0.6) is 11.5 Å². The van der Waals surface area contributed by atoms with Crippen molar-refractivity contribution in [1.29, 1.82) is 5.41 Å². The highest BCUT2D eigenvalue weighted by molar-refractivity contribution is 6.71. The number of rotatable bonds is 7. The maximum atomic E-state index is 8.40. The van der Waals surface area contributed by atoms with Crippen molar-refractivity contribution in [2.45, 2.75) is 45.4 Å². The number of ether oxygens (including phenoxy) is 2. The highest BCUT2D eigenvalue weighted by Gasteiger charge is 2.30. The summed E-state index contributed by atoms with van der Waals surface area (Å²) >= 11 is 0. The predicted molar refractivity (Wildman–Crippen MR) is 98.9 cm³/mol. The molecule has 7 heteroatoms. The van der Waals surface area contributed by atoms with E-state index >= 15 is 0 Å². The Morgan fingerprint density at radius 3 is 1.70 bits per heavy atom. The summed E-state index contributed by atoms with van der Waals surface area (Å²) < 4.78 is 22.8. The fraction of sp³-hybridized carbons (Fsp3) is 0.562. The van der Waals surface area contributed by atoms with Crippen molar-refractivity contribution >= 4 is 22.5 Å². The third-order valence-electron chi connectivity index (χ3n) is 2.80. The molecular formula is C16H29NO4Si2. The van der Waals surface area contributed by atoms with Crippen molar-refractivity contribution in [3.8, 4) is 11.5 Å². The molecular weight excluding hydrogens is 326 g/mol. The largest absolute Gasteiger partial charge is 0.533 e. The van der Waals surface area contributed by atoms with Gasteiger partial charge in [0.25, 0.3) is 0 Å². The lowest BCUT2D eigenvalue weighted by Gasteiger charge is -2.30. The van der Waals surface area contributed by atoms with Gasteiger partial charge in [0, 0.05) is 6.07 Å². The average molecular weight is 356 g/mol. The summed E-state index contributed by atoms with van der Waals surface area (Å²) in [5, 5.41) is 8.40. The Morgan fingerprint density at radius 1 is 0.870 bits per heavy atom. The minimum absolute atomic E-state index is 0.155. The number of nitrogens with one attached hydrogen (secondary N) is 1. The molecule has 0 fully saturated rings. The molecule has 0 aromatic heterocycles. The van der Waals surface area contributed by atoms with Gasteiger partial charge in [-0.05, 0) is 57.0 Å². The van der Waals surface area contributed by atoms with E-state index in [1.165, 1.54) is 0 Å². The van der Waals surface area contributed by atoms with Crippen LogP contribution in [-0.4, -0.2) is 36.8 Å². The Morgan fingerprint density at radius 2 is 1.35 bits per heavy atom. The van der Waals surface area contributed by atoms with E-state index in [2.05, 4.69) is 39.3 Å². The molecule has 0 aliphatic heterocycles. The normalized spacial score (nSPS) is 13.4. The molecule has 5 nitrogen and oxygen atoms in total. The van der Waals surface area contributed by atoms with Crippen LogP contribution in [0.4, 0.5) is 0 Å². The summed E-state index contributed by atoms with van der Waals surface area (Å²) in [7, 11) is -0.554. The van der Waals surface area contributed by atoms with E-state index in [1.54, 1.807) is 20.3 Å². The molecule has 0 saturated heterocycles. The van der Waals surface area contributed by atoms with Gasteiger partial charge in [0.15, 0.2) is 14.2 Å². The Hall–Kier alpha value is -1.32. The van der Waals surface area contributed by atoms with Gasteiger partial charge in [-0.1, -0.05) is 0 Å². The van der Waals surface area contributed by atoms with Crippen LogP contribution in [0.3, 0.4) is 0 Å². The molecule has 23 heavy (non-hydrogen) atoms. The maximum Gasteiger partial charge on any atom is 0.243 e. The van der Waals surface area contributed by atoms with Crippen LogP contribution >= 0.6 is 0 Å². The molecule has 0 amide bonds.